The average molecular weight is 333 g/mol. The number of nitrogens with one attached hydrogen (secondary N) is 1. The fourth-order valence-corrected chi connectivity index (χ4v) is 2.35. The maximum Gasteiger partial charge on any atom is 0.295 e. The molecule has 0 radical (unpaired) electrons. The Morgan fingerprint density at radius 2 is 1.77 bits per heavy atom. The summed E-state index contributed by atoms with van der Waals surface area (Å²) in [5.41, 5.74) is 6.16. The monoisotopic (exact) mass is 332 g/mol. The number of nitrogen functional groups attached to an aromatic ring is 1. The van der Waals surface area contributed by atoms with E-state index in [0.29, 0.717) is 22.2 Å². The van der Waals surface area contributed by atoms with Crippen molar-refractivity contribution in [1.82, 2.24) is 4.98 Å². The molecular weight excluding hydrogens is 323 g/mol. The SMILES string of the molecule is Nc1[nH]c(N=NC(=O)c2ccc(Cl)c(Cl)c2)c2ccccc12. The van der Waals surface area contributed by atoms with E-state index in [4.69, 9.17) is 28.9 Å². The van der Waals surface area contributed by atoms with Crippen LogP contribution in [0.2, 0.25) is 10.0 Å². The number of H-pyrrole nitrogens is 1. The fraction of sp³-hybridized carbons (Fsp3) is 0. The number of amides is 1. The minimum Gasteiger partial charge on any atom is -0.385 e. The zero-order chi connectivity index (χ0) is 15.7. The smallest absolute Gasteiger partial charge is 0.295 e. The number of carbonyl (C=O) groups is 1. The number of azo groups is 1. The summed E-state index contributed by atoms with van der Waals surface area (Å²) in [5, 5.41) is 9.94. The standard InChI is InChI=1S/C15H10Cl2N4O/c16-11-6-5-8(7-12(11)17)15(22)21-20-14-10-4-2-1-3-9(10)13(18)19-14/h1-7,19H,18H2. The highest BCUT2D eigenvalue weighted by Gasteiger charge is 2.09. The Bertz CT molecular complexity index is 902. The molecule has 0 bridgehead atoms. The van der Waals surface area contributed by atoms with Gasteiger partial charge in [-0.15, -0.1) is 10.2 Å². The molecule has 0 unspecified atom stereocenters. The summed E-state index contributed by atoms with van der Waals surface area (Å²) in [4.78, 5) is 14.9. The summed E-state index contributed by atoms with van der Waals surface area (Å²) in [6, 6.07) is 12.0. The van der Waals surface area contributed by atoms with Crippen LogP contribution in [0.5, 0.6) is 0 Å². The van der Waals surface area contributed by atoms with Crippen molar-refractivity contribution in [3.05, 3.63) is 58.1 Å². The normalized spacial score (nSPS) is 11.4. The van der Waals surface area contributed by atoms with Gasteiger partial charge in [0.25, 0.3) is 5.91 Å². The van der Waals surface area contributed by atoms with Crippen LogP contribution in [0, 0.1) is 0 Å². The molecule has 3 rings (SSSR count). The van der Waals surface area contributed by atoms with Gasteiger partial charge in [-0.1, -0.05) is 47.5 Å². The van der Waals surface area contributed by atoms with Crippen LogP contribution >= 0.6 is 23.2 Å². The number of nitrogens with zero attached hydrogens (tertiary/aromatic N) is 2. The third-order valence-electron chi connectivity index (χ3n) is 3.13. The number of halogens is 2. The lowest BCUT2D eigenvalue weighted by molar-refractivity contribution is 0.0995. The van der Waals surface area contributed by atoms with Gasteiger partial charge in [-0.25, -0.2) is 0 Å². The number of rotatable bonds is 2. The number of anilines is 1. The summed E-state index contributed by atoms with van der Waals surface area (Å²) in [6.45, 7) is 0. The van der Waals surface area contributed by atoms with E-state index in [0.717, 1.165) is 10.8 Å². The van der Waals surface area contributed by atoms with Crippen molar-refractivity contribution in [2.45, 2.75) is 0 Å². The first-order valence-corrected chi connectivity index (χ1v) is 7.09. The molecule has 0 atom stereocenters. The third-order valence-corrected chi connectivity index (χ3v) is 3.87. The van der Waals surface area contributed by atoms with E-state index in [2.05, 4.69) is 15.2 Å². The molecule has 5 nitrogen and oxygen atoms in total. The van der Waals surface area contributed by atoms with Crippen molar-refractivity contribution < 1.29 is 4.79 Å². The van der Waals surface area contributed by atoms with Crippen molar-refractivity contribution in [3.8, 4) is 0 Å². The van der Waals surface area contributed by atoms with Crippen LogP contribution in [-0.2, 0) is 0 Å². The molecule has 0 saturated heterocycles. The highest BCUT2D eigenvalue weighted by molar-refractivity contribution is 6.42. The second-order valence-electron chi connectivity index (χ2n) is 4.57. The van der Waals surface area contributed by atoms with Gasteiger partial charge < -0.3 is 10.7 Å². The van der Waals surface area contributed by atoms with E-state index in [1.54, 1.807) is 0 Å². The third kappa shape index (κ3) is 2.68. The fourth-order valence-electron chi connectivity index (χ4n) is 2.05. The van der Waals surface area contributed by atoms with Crippen LogP contribution in [0.15, 0.2) is 52.7 Å². The van der Waals surface area contributed by atoms with E-state index < -0.39 is 5.91 Å². The van der Waals surface area contributed by atoms with E-state index in [9.17, 15) is 4.79 Å². The van der Waals surface area contributed by atoms with Crippen LogP contribution in [0.3, 0.4) is 0 Å². The van der Waals surface area contributed by atoms with Gasteiger partial charge in [-0.3, -0.25) is 4.79 Å². The van der Waals surface area contributed by atoms with Crippen molar-refractivity contribution >= 4 is 51.5 Å². The number of benzene rings is 2. The van der Waals surface area contributed by atoms with Crippen LogP contribution in [0.1, 0.15) is 10.4 Å². The topological polar surface area (TPSA) is 83.6 Å². The summed E-state index contributed by atoms with van der Waals surface area (Å²) in [6.07, 6.45) is 0. The van der Waals surface area contributed by atoms with Gasteiger partial charge >= 0.3 is 0 Å². The number of aromatic amines is 1. The molecule has 0 aliphatic heterocycles. The Hall–Kier alpha value is -2.37. The Labute approximate surface area is 135 Å². The molecule has 3 N–H and O–H groups in total. The highest BCUT2D eigenvalue weighted by Crippen LogP contribution is 2.30. The minimum atomic E-state index is -0.518. The molecule has 110 valence electrons. The van der Waals surface area contributed by atoms with Crippen molar-refractivity contribution in [3.63, 3.8) is 0 Å². The molecule has 1 aromatic heterocycles. The van der Waals surface area contributed by atoms with Crippen LogP contribution < -0.4 is 5.73 Å². The van der Waals surface area contributed by atoms with Gasteiger partial charge in [-0.05, 0) is 18.2 Å². The van der Waals surface area contributed by atoms with E-state index >= 15 is 0 Å². The molecule has 0 aliphatic rings. The number of fused-ring (bicyclic) bond motifs is 1. The molecule has 7 heteroatoms. The number of carbonyl (C=O) groups excluding carboxylic acids is 1. The maximum absolute atomic E-state index is 12.0. The van der Waals surface area contributed by atoms with Crippen LogP contribution in [0.4, 0.5) is 11.6 Å². The predicted molar refractivity (Wildman–Crippen MR) is 88.0 cm³/mol. The van der Waals surface area contributed by atoms with Gasteiger partial charge in [0.1, 0.15) is 5.82 Å². The molecule has 1 amide bonds. The molecule has 22 heavy (non-hydrogen) atoms. The van der Waals surface area contributed by atoms with E-state index in [1.807, 2.05) is 24.3 Å². The zero-order valence-electron chi connectivity index (χ0n) is 11.2. The number of nitrogens with two attached hydrogens (primary N) is 1. The van der Waals surface area contributed by atoms with Crippen molar-refractivity contribution in [2.24, 2.45) is 10.2 Å². The Balaban J connectivity index is 1.92. The second kappa shape index (κ2) is 5.79. The number of aromatic nitrogens is 1. The first-order valence-electron chi connectivity index (χ1n) is 6.33. The van der Waals surface area contributed by atoms with Gasteiger partial charge in [-0.2, -0.15) is 0 Å². The lowest BCUT2D eigenvalue weighted by Crippen LogP contribution is -1.93. The summed E-state index contributed by atoms with van der Waals surface area (Å²) >= 11 is 11.7. The molecule has 0 spiro atoms. The zero-order valence-corrected chi connectivity index (χ0v) is 12.7. The van der Waals surface area contributed by atoms with Crippen molar-refractivity contribution in [1.29, 1.82) is 0 Å². The van der Waals surface area contributed by atoms with Crippen molar-refractivity contribution in [2.75, 3.05) is 5.73 Å². The van der Waals surface area contributed by atoms with Gasteiger partial charge in [0.15, 0.2) is 5.82 Å². The first-order chi connectivity index (χ1) is 10.6. The van der Waals surface area contributed by atoms with E-state index in [-0.39, 0.29) is 5.02 Å². The minimum absolute atomic E-state index is 0.289. The lowest BCUT2D eigenvalue weighted by Gasteiger charge is -1.97. The van der Waals surface area contributed by atoms with Crippen LogP contribution in [0.25, 0.3) is 10.8 Å². The summed E-state index contributed by atoms with van der Waals surface area (Å²) < 4.78 is 0. The largest absolute Gasteiger partial charge is 0.385 e. The molecule has 0 aliphatic carbocycles. The van der Waals surface area contributed by atoms with Gasteiger partial charge in [0, 0.05) is 16.3 Å². The van der Waals surface area contributed by atoms with E-state index in [1.165, 1.54) is 18.2 Å². The summed E-state index contributed by atoms with van der Waals surface area (Å²) in [5.74, 6) is 0.392. The Morgan fingerprint density at radius 1 is 1.05 bits per heavy atom. The molecule has 2 aromatic carbocycles. The maximum atomic E-state index is 12.0. The molecule has 1 heterocycles. The Morgan fingerprint density at radius 3 is 2.50 bits per heavy atom. The highest BCUT2D eigenvalue weighted by atomic mass is 35.5. The predicted octanol–water partition coefficient (Wildman–Crippen LogP) is 4.98. The lowest BCUT2D eigenvalue weighted by atomic mass is 10.2. The molecule has 3 aromatic rings. The van der Waals surface area contributed by atoms with Crippen LogP contribution in [-0.4, -0.2) is 10.9 Å². The van der Waals surface area contributed by atoms with Gasteiger partial charge in [0.2, 0.25) is 0 Å². The Kier molecular flexibility index (Phi) is 3.83. The quantitative estimate of drug-likeness (QED) is 0.648. The first kappa shape index (κ1) is 14.6. The summed E-state index contributed by atoms with van der Waals surface area (Å²) in [7, 11) is 0. The second-order valence-corrected chi connectivity index (χ2v) is 5.38. The van der Waals surface area contributed by atoms with Gasteiger partial charge in [0.05, 0.1) is 10.0 Å². The average Bonchev–Trinajstić information content (AvgIpc) is 2.84. The number of hydrogen-bond acceptors (Lipinski definition) is 3. The molecule has 0 fully saturated rings. The number of hydrogen-bond donors (Lipinski definition) is 2. The molecular formula is C15H10Cl2N4O. The molecule has 0 saturated carbocycles.